The first-order valence-electron chi connectivity index (χ1n) is 8.74. The van der Waals surface area contributed by atoms with E-state index in [1.54, 1.807) is 23.0 Å². The molecular weight excluding hydrogens is 396 g/mol. The quantitative estimate of drug-likeness (QED) is 0.464. The van der Waals surface area contributed by atoms with Gasteiger partial charge in [-0.25, -0.2) is 22.4 Å². The Morgan fingerprint density at radius 1 is 1.21 bits per heavy atom. The maximum atomic E-state index is 12.5. The largest absolute Gasteiger partial charge is 0.465 e. The lowest BCUT2D eigenvalue weighted by molar-refractivity contribution is 0.0600. The number of methoxy groups -OCH3 is 1. The Labute approximate surface area is 166 Å². The summed E-state index contributed by atoms with van der Waals surface area (Å²) in [6.45, 7) is 0.603. The van der Waals surface area contributed by atoms with Crippen molar-refractivity contribution in [2.75, 3.05) is 13.7 Å². The van der Waals surface area contributed by atoms with E-state index in [9.17, 15) is 13.2 Å². The molecule has 0 radical (unpaired) electrons. The van der Waals surface area contributed by atoms with E-state index in [1.165, 1.54) is 31.4 Å². The van der Waals surface area contributed by atoms with Crippen LogP contribution in [0.15, 0.2) is 70.4 Å². The Hall–Kier alpha value is -3.37. The highest BCUT2D eigenvalue weighted by Crippen LogP contribution is 2.20. The SMILES string of the molecule is COC(=O)c1ccc(S(=O)(=O)NCCn2ccn3nc(-c4ccco4)cc23)cc1. The first kappa shape index (κ1) is 19.0. The Morgan fingerprint density at radius 3 is 2.69 bits per heavy atom. The molecule has 0 aliphatic rings. The van der Waals surface area contributed by atoms with Gasteiger partial charge in [0, 0.05) is 31.5 Å². The number of imidazole rings is 1. The summed E-state index contributed by atoms with van der Waals surface area (Å²) in [4.78, 5) is 11.5. The van der Waals surface area contributed by atoms with Gasteiger partial charge in [-0.3, -0.25) is 0 Å². The number of sulfonamides is 1. The molecule has 1 aromatic carbocycles. The van der Waals surface area contributed by atoms with Crippen molar-refractivity contribution in [2.24, 2.45) is 0 Å². The van der Waals surface area contributed by atoms with Crippen molar-refractivity contribution in [2.45, 2.75) is 11.4 Å². The van der Waals surface area contributed by atoms with Crippen molar-refractivity contribution in [3.63, 3.8) is 0 Å². The first-order valence-corrected chi connectivity index (χ1v) is 10.2. The number of fused-ring (bicyclic) bond motifs is 1. The molecule has 0 aliphatic heterocycles. The number of hydrogen-bond acceptors (Lipinski definition) is 6. The summed E-state index contributed by atoms with van der Waals surface area (Å²) in [5.74, 6) is 0.143. The van der Waals surface area contributed by atoms with E-state index >= 15 is 0 Å². The number of rotatable bonds is 7. The van der Waals surface area contributed by atoms with E-state index in [2.05, 4.69) is 14.6 Å². The minimum atomic E-state index is -3.70. The number of carbonyl (C=O) groups is 1. The van der Waals surface area contributed by atoms with Crippen LogP contribution in [-0.4, -0.2) is 42.2 Å². The minimum absolute atomic E-state index is 0.0762. The third-order valence-corrected chi connectivity index (χ3v) is 5.88. The van der Waals surface area contributed by atoms with Crippen LogP contribution in [0.4, 0.5) is 0 Å². The number of furan rings is 1. The van der Waals surface area contributed by atoms with Gasteiger partial charge in [0.2, 0.25) is 10.0 Å². The van der Waals surface area contributed by atoms with Gasteiger partial charge in [0.15, 0.2) is 5.76 Å². The topological polar surface area (TPSA) is 108 Å². The number of aromatic nitrogens is 3. The number of ether oxygens (including phenoxy) is 1. The first-order chi connectivity index (χ1) is 14.0. The smallest absolute Gasteiger partial charge is 0.337 e. The highest BCUT2D eigenvalue weighted by molar-refractivity contribution is 7.89. The molecular formula is C19H18N4O5S. The standard InChI is InChI=1S/C19H18N4O5S/c1-27-19(24)14-4-6-15(7-5-14)29(25,26)20-8-9-22-10-11-23-18(22)13-16(21-23)17-3-2-12-28-17/h2-7,10-13,20H,8-9H2,1H3. The van der Waals surface area contributed by atoms with E-state index in [0.717, 1.165) is 5.65 Å². The van der Waals surface area contributed by atoms with Crippen LogP contribution in [0.2, 0.25) is 0 Å². The lowest BCUT2D eigenvalue weighted by Gasteiger charge is -2.08. The molecule has 10 heteroatoms. The molecule has 0 saturated carbocycles. The maximum Gasteiger partial charge on any atom is 0.337 e. The third kappa shape index (κ3) is 3.80. The van der Waals surface area contributed by atoms with Gasteiger partial charge in [0.25, 0.3) is 0 Å². The normalized spacial score (nSPS) is 11.8. The van der Waals surface area contributed by atoms with Crippen LogP contribution in [0.1, 0.15) is 10.4 Å². The van der Waals surface area contributed by atoms with E-state index in [4.69, 9.17) is 4.42 Å². The molecule has 3 heterocycles. The lowest BCUT2D eigenvalue weighted by atomic mass is 10.2. The molecule has 9 nitrogen and oxygen atoms in total. The van der Waals surface area contributed by atoms with Crippen molar-refractivity contribution < 1.29 is 22.4 Å². The van der Waals surface area contributed by atoms with Gasteiger partial charge in [0.05, 0.1) is 23.8 Å². The molecule has 4 rings (SSSR count). The summed E-state index contributed by atoms with van der Waals surface area (Å²) < 4.78 is 41.1. The predicted molar refractivity (Wildman–Crippen MR) is 104 cm³/mol. The van der Waals surface area contributed by atoms with Crippen molar-refractivity contribution in [3.8, 4) is 11.5 Å². The van der Waals surface area contributed by atoms with E-state index < -0.39 is 16.0 Å². The van der Waals surface area contributed by atoms with Crippen molar-refractivity contribution in [3.05, 3.63) is 66.7 Å². The Kier molecular flexibility index (Phi) is 4.95. The van der Waals surface area contributed by atoms with Crippen LogP contribution in [0, 0.1) is 0 Å². The molecule has 0 spiro atoms. The summed E-state index contributed by atoms with van der Waals surface area (Å²) in [6.07, 6.45) is 5.20. The van der Waals surface area contributed by atoms with Crippen LogP contribution in [0.25, 0.3) is 17.1 Å². The summed E-state index contributed by atoms with van der Waals surface area (Å²) in [6, 6.07) is 11.1. The summed E-state index contributed by atoms with van der Waals surface area (Å²) in [5, 5.41) is 4.44. The summed E-state index contributed by atoms with van der Waals surface area (Å²) in [7, 11) is -2.43. The molecule has 0 atom stereocenters. The molecule has 0 unspecified atom stereocenters. The monoisotopic (exact) mass is 414 g/mol. The molecule has 4 aromatic rings. The average molecular weight is 414 g/mol. The van der Waals surface area contributed by atoms with Crippen molar-refractivity contribution in [1.82, 2.24) is 18.9 Å². The third-order valence-electron chi connectivity index (χ3n) is 4.40. The second kappa shape index (κ2) is 7.57. The number of nitrogens with zero attached hydrogens (tertiary/aromatic N) is 3. The highest BCUT2D eigenvalue weighted by Gasteiger charge is 2.15. The van der Waals surface area contributed by atoms with Gasteiger partial charge < -0.3 is 13.7 Å². The van der Waals surface area contributed by atoms with E-state index in [0.29, 0.717) is 18.0 Å². The predicted octanol–water partition coefficient (Wildman–Crippen LogP) is 2.16. The molecule has 0 fully saturated rings. The fraction of sp³-hybridized carbons (Fsp3) is 0.158. The van der Waals surface area contributed by atoms with Crippen LogP contribution < -0.4 is 4.72 Å². The van der Waals surface area contributed by atoms with Gasteiger partial charge in [-0.15, -0.1) is 0 Å². The zero-order valence-electron chi connectivity index (χ0n) is 15.5. The molecule has 0 bridgehead atoms. The second-order valence-electron chi connectivity index (χ2n) is 6.21. The number of esters is 1. The zero-order chi connectivity index (χ0) is 20.4. The summed E-state index contributed by atoms with van der Waals surface area (Å²) in [5.41, 5.74) is 1.80. The van der Waals surface area contributed by atoms with Crippen LogP contribution in [0.5, 0.6) is 0 Å². The number of carbonyl (C=O) groups excluding carboxylic acids is 1. The fourth-order valence-electron chi connectivity index (χ4n) is 2.93. The van der Waals surface area contributed by atoms with Gasteiger partial charge in [0.1, 0.15) is 11.3 Å². The van der Waals surface area contributed by atoms with Gasteiger partial charge in [-0.1, -0.05) is 0 Å². The Morgan fingerprint density at radius 2 is 2.00 bits per heavy atom. The van der Waals surface area contributed by atoms with Gasteiger partial charge in [-0.2, -0.15) is 5.10 Å². The van der Waals surface area contributed by atoms with Crippen LogP contribution in [0.3, 0.4) is 0 Å². The zero-order valence-corrected chi connectivity index (χ0v) is 16.3. The molecule has 0 aliphatic carbocycles. The Bertz CT molecular complexity index is 1240. The van der Waals surface area contributed by atoms with Crippen LogP contribution >= 0.6 is 0 Å². The maximum absolute atomic E-state index is 12.5. The van der Waals surface area contributed by atoms with Crippen molar-refractivity contribution in [1.29, 1.82) is 0 Å². The molecule has 3 aromatic heterocycles. The number of nitrogens with one attached hydrogen (secondary N) is 1. The molecule has 0 saturated heterocycles. The fourth-order valence-corrected chi connectivity index (χ4v) is 3.96. The number of benzene rings is 1. The van der Waals surface area contributed by atoms with Gasteiger partial charge >= 0.3 is 5.97 Å². The number of hydrogen-bond donors (Lipinski definition) is 1. The molecule has 0 amide bonds. The van der Waals surface area contributed by atoms with E-state index in [1.807, 2.05) is 22.9 Å². The highest BCUT2D eigenvalue weighted by atomic mass is 32.2. The summed E-state index contributed by atoms with van der Waals surface area (Å²) >= 11 is 0. The molecule has 29 heavy (non-hydrogen) atoms. The average Bonchev–Trinajstić information content (AvgIpc) is 3.45. The van der Waals surface area contributed by atoms with Crippen LogP contribution in [-0.2, 0) is 21.3 Å². The van der Waals surface area contributed by atoms with E-state index in [-0.39, 0.29) is 17.0 Å². The Balaban J connectivity index is 1.43. The minimum Gasteiger partial charge on any atom is -0.465 e. The lowest BCUT2D eigenvalue weighted by Crippen LogP contribution is -2.27. The van der Waals surface area contributed by atoms with Crippen molar-refractivity contribution >= 4 is 21.6 Å². The molecule has 1 N–H and O–H groups in total. The molecule has 150 valence electrons. The second-order valence-corrected chi connectivity index (χ2v) is 7.98. The van der Waals surface area contributed by atoms with Gasteiger partial charge in [-0.05, 0) is 36.4 Å².